The van der Waals surface area contributed by atoms with E-state index in [0.717, 1.165) is 10.5 Å². The topological polar surface area (TPSA) is 66.5 Å². The predicted octanol–water partition coefficient (Wildman–Crippen LogP) is 0.660. The van der Waals surface area contributed by atoms with E-state index in [0.29, 0.717) is 12.8 Å². The van der Waals surface area contributed by atoms with Gasteiger partial charge in [-0.2, -0.15) is 0 Å². The van der Waals surface area contributed by atoms with Crippen molar-refractivity contribution in [3.05, 3.63) is 48.0 Å². The van der Waals surface area contributed by atoms with Crippen LogP contribution >= 0.6 is 0 Å². The summed E-state index contributed by atoms with van der Waals surface area (Å²) < 4.78 is 0. The Morgan fingerprint density at radius 2 is 1.70 bits per heavy atom. The third-order valence-electron chi connectivity index (χ3n) is 3.04. The van der Waals surface area contributed by atoms with Gasteiger partial charge in [-0.25, -0.2) is 0 Å². The third kappa shape index (κ3) is 3.78. The number of carbonyl (C=O) groups is 3. The molecule has 1 aromatic rings. The molecule has 0 fully saturated rings. The minimum atomic E-state index is -0.325. The van der Waals surface area contributed by atoms with E-state index < -0.39 is 0 Å². The van der Waals surface area contributed by atoms with Crippen molar-refractivity contribution in [3.8, 4) is 0 Å². The van der Waals surface area contributed by atoms with E-state index in [1.54, 1.807) is 0 Å². The number of nitrogens with zero attached hydrogens (tertiary/aromatic N) is 1. The highest BCUT2D eigenvalue weighted by molar-refractivity contribution is 6.12. The molecule has 0 saturated heterocycles. The van der Waals surface area contributed by atoms with Gasteiger partial charge in [0.2, 0.25) is 5.91 Å². The first kappa shape index (κ1) is 14.0. The second-order valence-corrected chi connectivity index (χ2v) is 4.50. The summed E-state index contributed by atoms with van der Waals surface area (Å²) in [6, 6.07) is 9.75. The van der Waals surface area contributed by atoms with Crippen molar-refractivity contribution in [2.45, 2.75) is 12.8 Å². The van der Waals surface area contributed by atoms with Gasteiger partial charge in [0, 0.05) is 31.7 Å². The van der Waals surface area contributed by atoms with Gasteiger partial charge in [0.15, 0.2) is 0 Å². The van der Waals surface area contributed by atoms with Crippen molar-refractivity contribution in [2.75, 3.05) is 13.1 Å². The average Bonchev–Trinajstić information content (AvgIpc) is 2.78. The third-order valence-corrected chi connectivity index (χ3v) is 3.04. The van der Waals surface area contributed by atoms with Gasteiger partial charge in [0.25, 0.3) is 11.8 Å². The molecule has 5 nitrogen and oxygen atoms in total. The number of benzene rings is 1. The van der Waals surface area contributed by atoms with Gasteiger partial charge in [-0.15, -0.1) is 0 Å². The van der Waals surface area contributed by atoms with Crippen LogP contribution in [-0.4, -0.2) is 35.7 Å². The fourth-order valence-corrected chi connectivity index (χ4v) is 1.95. The van der Waals surface area contributed by atoms with Gasteiger partial charge in [0.1, 0.15) is 0 Å². The highest BCUT2D eigenvalue weighted by atomic mass is 16.2. The molecule has 1 N–H and O–H groups in total. The van der Waals surface area contributed by atoms with E-state index in [-0.39, 0.29) is 30.8 Å². The van der Waals surface area contributed by atoms with Crippen LogP contribution in [0, 0.1) is 0 Å². The number of imide groups is 1. The summed E-state index contributed by atoms with van der Waals surface area (Å²) in [7, 11) is 0. The first-order chi connectivity index (χ1) is 9.66. The maximum Gasteiger partial charge on any atom is 0.253 e. The lowest BCUT2D eigenvalue weighted by molar-refractivity contribution is -0.137. The van der Waals surface area contributed by atoms with E-state index in [1.165, 1.54) is 12.2 Å². The highest BCUT2D eigenvalue weighted by Crippen LogP contribution is 2.03. The fraction of sp³-hybridized carbons (Fsp3) is 0.267. The zero-order valence-corrected chi connectivity index (χ0v) is 11.0. The van der Waals surface area contributed by atoms with Crippen LogP contribution in [0.1, 0.15) is 12.0 Å². The van der Waals surface area contributed by atoms with Gasteiger partial charge >= 0.3 is 0 Å². The molecule has 0 saturated carbocycles. The minimum absolute atomic E-state index is 0.0825. The summed E-state index contributed by atoms with van der Waals surface area (Å²) in [4.78, 5) is 35.3. The Bertz CT molecular complexity index is 519. The summed E-state index contributed by atoms with van der Waals surface area (Å²) in [6.45, 7) is 0.495. The van der Waals surface area contributed by atoms with E-state index in [2.05, 4.69) is 5.32 Å². The summed E-state index contributed by atoms with van der Waals surface area (Å²) >= 11 is 0. The smallest absolute Gasteiger partial charge is 0.253 e. The summed E-state index contributed by atoms with van der Waals surface area (Å²) in [5.74, 6) is -0.733. The number of aryl methyl sites for hydroxylation is 1. The lowest BCUT2D eigenvalue weighted by Gasteiger charge is -2.13. The zero-order chi connectivity index (χ0) is 14.4. The Hall–Kier alpha value is -2.43. The van der Waals surface area contributed by atoms with Crippen molar-refractivity contribution >= 4 is 17.7 Å². The number of carbonyl (C=O) groups excluding carboxylic acids is 3. The van der Waals surface area contributed by atoms with Gasteiger partial charge in [-0.3, -0.25) is 19.3 Å². The minimum Gasteiger partial charge on any atom is -0.354 e. The van der Waals surface area contributed by atoms with Gasteiger partial charge < -0.3 is 5.32 Å². The molecule has 0 atom stereocenters. The first-order valence-corrected chi connectivity index (χ1v) is 6.51. The zero-order valence-electron chi connectivity index (χ0n) is 11.0. The molecular weight excluding hydrogens is 256 g/mol. The molecule has 2 rings (SSSR count). The van der Waals surface area contributed by atoms with Crippen molar-refractivity contribution in [2.24, 2.45) is 0 Å². The van der Waals surface area contributed by atoms with Gasteiger partial charge in [-0.05, 0) is 12.0 Å². The highest BCUT2D eigenvalue weighted by Gasteiger charge is 2.22. The van der Waals surface area contributed by atoms with E-state index in [4.69, 9.17) is 0 Å². The lowest BCUT2D eigenvalue weighted by atomic mass is 10.1. The number of nitrogens with one attached hydrogen (secondary N) is 1. The summed E-state index contributed by atoms with van der Waals surface area (Å²) in [6.07, 6.45) is 3.54. The van der Waals surface area contributed by atoms with Crippen LogP contribution in [0.2, 0.25) is 0 Å². The van der Waals surface area contributed by atoms with Crippen molar-refractivity contribution < 1.29 is 14.4 Å². The molecule has 0 aliphatic carbocycles. The Kier molecular flexibility index (Phi) is 4.65. The molecule has 0 unspecified atom stereocenters. The first-order valence-electron chi connectivity index (χ1n) is 6.51. The number of amides is 3. The molecule has 0 spiro atoms. The SMILES string of the molecule is O=C(CCc1ccccc1)NCCN1C(=O)C=CC1=O. The van der Waals surface area contributed by atoms with Crippen molar-refractivity contribution in [1.29, 1.82) is 0 Å². The van der Waals surface area contributed by atoms with Crippen LogP contribution in [0.25, 0.3) is 0 Å². The van der Waals surface area contributed by atoms with Crippen LogP contribution in [0.3, 0.4) is 0 Å². The number of rotatable bonds is 6. The summed E-state index contributed by atoms with van der Waals surface area (Å²) in [5.41, 5.74) is 1.11. The molecule has 1 aliphatic rings. The van der Waals surface area contributed by atoms with E-state index in [1.807, 2.05) is 30.3 Å². The molecule has 1 aliphatic heterocycles. The largest absolute Gasteiger partial charge is 0.354 e. The number of hydrogen-bond acceptors (Lipinski definition) is 3. The van der Waals surface area contributed by atoms with Crippen LogP contribution in [0.4, 0.5) is 0 Å². The molecule has 0 radical (unpaired) electrons. The molecule has 3 amide bonds. The molecule has 104 valence electrons. The lowest BCUT2D eigenvalue weighted by Crippen LogP contribution is -2.38. The molecule has 5 heteroatoms. The average molecular weight is 272 g/mol. The molecular formula is C15H16N2O3. The second-order valence-electron chi connectivity index (χ2n) is 4.50. The monoisotopic (exact) mass is 272 g/mol. The van der Waals surface area contributed by atoms with Gasteiger partial charge in [-0.1, -0.05) is 30.3 Å². The standard InChI is InChI=1S/C15H16N2O3/c18-13(7-6-12-4-2-1-3-5-12)16-10-11-17-14(19)8-9-15(17)20/h1-5,8-9H,6-7,10-11H2,(H,16,18). The fourth-order valence-electron chi connectivity index (χ4n) is 1.95. The van der Waals surface area contributed by atoms with Crippen LogP contribution in [-0.2, 0) is 20.8 Å². The molecule has 0 bridgehead atoms. The predicted molar refractivity (Wildman–Crippen MR) is 73.6 cm³/mol. The summed E-state index contributed by atoms with van der Waals surface area (Å²) in [5, 5.41) is 2.71. The molecule has 1 aromatic carbocycles. The normalized spacial score (nSPS) is 13.9. The van der Waals surface area contributed by atoms with Crippen LogP contribution in [0.5, 0.6) is 0 Å². The Morgan fingerprint density at radius 1 is 1.05 bits per heavy atom. The number of hydrogen-bond donors (Lipinski definition) is 1. The Morgan fingerprint density at radius 3 is 2.35 bits per heavy atom. The second kappa shape index (κ2) is 6.65. The van der Waals surface area contributed by atoms with E-state index in [9.17, 15) is 14.4 Å². The van der Waals surface area contributed by atoms with Crippen LogP contribution < -0.4 is 5.32 Å². The Balaban J connectivity index is 1.66. The molecule has 20 heavy (non-hydrogen) atoms. The molecule has 0 aromatic heterocycles. The van der Waals surface area contributed by atoms with Crippen LogP contribution in [0.15, 0.2) is 42.5 Å². The van der Waals surface area contributed by atoms with Gasteiger partial charge in [0.05, 0.1) is 0 Å². The van der Waals surface area contributed by atoms with Crippen molar-refractivity contribution in [3.63, 3.8) is 0 Å². The Labute approximate surface area is 117 Å². The maximum atomic E-state index is 11.6. The van der Waals surface area contributed by atoms with E-state index >= 15 is 0 Å². The quantitative estimate of drug-likeness (QED) is 0.774. The molecule has 1 heterocycles. The van der Waals surface area contributed by atoms with Crippen molar-refractivity contribution in [1.82, 2.24) is 10.2 Å². The maximum absolute atomic E-state index is 11.6.